The molecule has 4 heterocycles. The van der Waals surface area contributed by atoms with E-state index < -0.39 is 11.2 Å². The molecule has 2 N–H and O–H groups in total. The maximum Gasteiger partial charge on any atom is 0.134 e. The fraction of sp³-hybridized carbons (Fsp3) is 0.214. The normalized spacial score (nSPS) is 11.3. The van der Waals surface area contributed by atoms with Gasteiger partial charge in [0.05, 0.1) is 40.2 Å². The summed E-state index contributed by atoms with van der Waals surface area (Å²) in [5, 5.41) is 24.3. The fourth-order valence-electron chi connectivity index (χ4n) is 3.23. The summed E-state index contributed by atoms with van der Waals surface area (Å²) >= 11 is 9.82. The summed E-state index contributed by atoms with van der Waals surface area (Å²) in [5.41, 5.74) is 1.04. The lowest BCUT2D eigenvalue weighted by Crippen LogP contribution is -2.16. The molecule has 0 unspecified atom stereocenters. The smallest absolute Gasteiger partial charge is 0.134 e. The number of pyridine rings is 3. The van der Waals surface area contributed by atoms with Gasteiger partial charge >= 0.3 is 0 Å². The Kier molecular flexibility index (Phi) is 10.5. The molecule has 0 spiro atoms. The minimum Gasteiger partial charge on any atom is -0.386 e. The van der Waals surface area contributed by atoms with Crippen LogP contribution in [-0.4, -0.2) is 34.9 Å². The highest BCUT2D eigenvalue weighted by molar-refractivity contribution is 9.11. The van der Waals surface area contributed by atoms with E-state index in [2.05, 4.69) is 67.8 Å². The van der Waals surface area contributed by atoms with E-state index in [-0.39, 0.29) is 5.82 Å². The number of hydrogen-bond donors (Lipinski definition) is 2. The van der Waals surface area contributed by atoms with Gasteiger partial charge in [-0.2, -0.15) is 5.10 Å². The van der Waals surface area contributed by atoms with Crippen molar-refractivity contribution < 1.29 is 14.6 Å². The summed E-state index contributed by atoms with van der Waals surface area (Å²) in [6.07, 6.45) is 11.6. The second-order valence-electron chi connectivity index (χ2n) is 9.49. The van der Waals surface area contributed by atoms with Crippen molar-refractivity contribution in [3.63, 3.8) is 0 Å². The van der Waals surface area contributed by atoms with Gasteiger partial charge in [0.1, 0.15) is 5.82 Å². The van der Waals surface area contributed by atoms with Crippen molar-refractivity contribution in [3.05, 3.63) is 110 Å². The van der Waals surface area contributed by atoms with Crippen LogP contribution in [0.3, 0.4) is 0 Å². The summed E-state index contributed by atoms with van der Waals surface area (Å²) in [6, 6.07) is 10.4. The van der Waals surface area contributed by atoms with Crippen LogP contribution in [-0.2, 0) is 11.2 Å². The molecule has 0 aliphatic heterocycles. The number of aromatic nitrogens is 5. The van der Waals surface area contributed by atoms with Crippen LogP contribution in [0.1, 0.15) is 38.8 Å². The molecule has 0 saturated carbocycles. The standard InChI is InChI=1S/C15H14FN3O.C8H10BrNO.C5H3Br2N/c1-15(2,20)10-6-11(8-17-7-10)19-14-5-3-4-13(16)12(14)9-18-19;1-8(2,11)6-3-7(9)5-10-4-6;6-4-1-5(7)3-8-2-4/h3-9,20H,1-2H3;3-5,11H,1-2H3;1-3H. The molecule has 204 valence electrons. The molecule has 0 radical (unpaired) electrons. The van der Waals surface area contributed by atoms with Gasteiger partial charge in [-0.15, -0.1) is 0 Å². The summed E-state index contributed by atoms with van der Waals surface area (Å²) in [6.45, 7) is 6.84. The average Bonchev–Trinajstić information content (AvgIpc) is 3.29. The first-order valence-corrected chi connectivity index (χ1v) is 14.0. The van der Waals surface area contributed by atoms with Gasteiger partial charge in [0.25, 0.3) is 0 Å². The fourth-order valence-corrected chi connectivity index (χ4v) is 4.63. The maximum atomic E-state index is 13.7. The van der Waals surface area contributed by atoms with Gasteiger partial charge in [0.2, 0.25) is 0 Å². The lowest BCUT2D eigenvalue weighted by molar-refractivity contribution is 0.0776. The molecule has 0 atom stereocenters. The third kappa shape index (κ3) is 8.97. The Morgan fingerprint density at radius 2 is 1.21 bits per heavy atom. The van der Waals surface area contributed by atoms with Crippen LogP contribution >= 0.6 is 47.8 Å². The summed E-state index contributed by atoms with van der Waals surface area (Å²) in [7, 11) is 0. The first-order chi connectivity index (χ1) is 18.3. The molecule has 0 saturated heterocycles. The molecule has 7 nitrogen and oxygen atoms in total. The maximum absolute atomic E-state index is 13.7. The van der Waals surface area contributed by atoms with Crippen molar-refractivity contribution in [1.82, 2.24) is 24.7 Å². The predicted octanol–water partition coefficient (Wildman–Crippen LogP) is 7.47. The van der Waals surface area contributed by atoms with Crippen LogP contribution in [0.4, 0.5) is 4.39 Å². The summed E-state index contributed by atoms with van der Waals surface area (Å²) in [5.74, 6) is -0.305. The molecule has 5 aromatic rings. The van der Waals surface area contributed by atoms with Gasteiger partial charge in [-0.1, -0.05) is 6.07 Å². The highest BCUT2D eigenvalue weighted by Gasteiger charge is 2.18. The lowest BCUT2D eigenvalue weighted by Gasteiger charge is -2.18. The second kappa shape index (κ2) is 13.2. The second-order valence-corrected chi connectivity index (χ2v) is 12.2. The van der Waals surface area contributed by atoms with E-state index >= 15 is 0 Å². The van der Waals surface area contributed by atoms with Crippen LogP contribution in [0.25, 0.3) is 16.6 Å². The molecule has 0 fully saturated rings. The van der Waals surface area contributed by atoms with E-state index in [1.54, 1.807) is 87.8 Å². The van der Waals surface area contributed by atoms with Gasteiger partial charge in [-0.3, -0.25) is 15.0 Å². The minimum absolute atomic E-state index is 0.305. The zero-order valence-electron chi connectivity index (χ0n) is 21.6. The van der Waals surface area contributed by atoms with E-state index in [9.17, 15) is 14.6 Å². The Hall–Kier alpha value is -2.57. The Morgan fingerprint density at radius 1 is 0.692 bits per heavy atom. The van der Waals surface area contributed by atoms with E-state index in [0.717, 1.165) is 19.0 Å². The number of fused-ring (bicyclic) bond motifs is 1. The van der Waals surface area contributed by atoms with Gasteiger partial charge in [0.15, 0.2) is 0 Å². The molecule has 0 aliphatic carbocycles. The molecular formula is C28H27Br3FN5O2. The van der Waals surface area contributed by atoms with Crippen LogP contribution in [0, 0.1) is 5.82 Å². The third-order valence-electron chi connectivity index (χ3n) is 5.32. The zero-order chi connectivity index (χ0) is 28.8. The van der Waals surface area contributed by atoms with Gasteiger partial charge < -0.3 is 10.2 Å². The number of halogens is 4. The van der Waals surface area contributed by atoms with Crippen molar-refractivity contribution in [2.24, 2.45) is 0 Å². The van der Waals surface area contributed by atoms with Gasteiger partial charge in [-0.05, 0) is 106 Å². The molecule has 0 aliphatic rings. The summed E-state index contributed by atoms with van der Waals surface area (Å²) in [4.78, 5) is 12.0. The van der Waals surface area contributed by atoms with E-state index in [0.29, 0.717) is 22.2 Å². The Balaban J connectivity index is 0.000000185. The largest absolute Gasteiger partial charge is 0.386 e. The third-order valence-corrected chi connectivity index (χ3v) is 6.62. The van der Waals surface area contributed by atoms with Crippen molar-refractivity contribution >= 4 is 58.7 Å². The van der Waals surface area contributed by atoms with Crippen LogP contribution in [0.5, 0.6) is 0 Å². The molecule has 11 heteroatoms. The SMILES string of the molecule is Brc1cncc(Br)c1.CC(C)(O)c1cncc(-n2ncc3c(F)cccc32)c1.CC(C)(O)c1cncc(Br)c1. The quantitative estimate of drug-likeness (QED) is 0.201. The van der Waals surface area contributed by atoms with E-state index in [1.165, 1.54) is 12.3 Å². The Labute approximate surface area is 251 Å². The number of rotatable bonds is 3. The highest BCUT2D eigenvalue weighted by atomic mass is 79.9. The molecule has 39 heavy (non-hydrogen) atoms. The molecule has 0 bridgehead atoms. The van der Waals surface area contributed by atoms with Gasteiger partial charge in [-0.25, -0.2) is 9.07 Å². The Morgan fingerprint density at radius 3 is 1.69 bits per heavy atom. The number of hydrogen-bond acceptors (Lipinski definition) is 6. The number of nitrogens with zero attached hydrogens (tertiary/aromatic N) is 5. The minimum atomic E-state index is -0.989. The lowest BCUT2D eigenvalue weighted by atomic mass is 10.0. The highest BCUT2D eigenvalue weighted by Crippen LogP contribution is 2.24. The molecular weight excluding hydrogens is 697 g/mol. The Bertz CT molecular complexity index is 1530. The molecule has 0 amide bonds. The first kappa shape index (κ1) is 31.0. The van der Waals surface area contributed by atoms with Crippen molar-refractivity contribution in [2.75, 3.05) is 0 Å². The molecule has 5 rings (SSSR count). The van der Waals surface area contributed by atoms with Crippen LogP contribution < -0.4 is 0 Å². The van der Waals surface area contributed by atoms with Gasteiger partial charge in [0, 0.05) is 55.5 Å². The number of aliphatic hydroxyl groups is 2. The van der Waals surface area contributed by atoms with Crippen molar-refractivity contribution in [3.8, 4) is 5.69 Å². The van der Waals surface area contributed by atoms with Crippen molar-refractivity contribution in [1.29, 1.82) is 0 Å². The number of benzene rings is 1. The first-order valence-electron chi connectivity index (χ1n) is 11.7. The van der Waals surface area contributed by atoms with E-state index in [4.69, 9.17) is 0 Å². The average molecular weight is 724 g/mol. The van der Waals surface area contributed by atoms with Crippen molar-refractivity contribution in [2.45, 2.75) is 38.9 Å². The molecule has 1 aromatic carbocycles. The monoisotopic (exact) mass is 721 g/mol. The molecule has 4 aromatic heterocycles. The van der Waals surface area contributed by atoms with E-state index in [1.807, 2.05) is 12.1 Å². The topological polar surface area (TPSA) is 97.0 Å². The van der Waals surface area contributed by atoms with Crippen LogP contribution in [0.15, 0.2) is 93.2 Å². The van der Waals surface area contributed by atoms with Crippen LogP contribution in [0.2, 0.25) is 0 Å². The summed E-state index contributed by atoms with van der Waals surface area (Å²) < 4.78 is 18.2. The predicted molar refractivity (Wildman–Crippen MR) is 161 cm³/mol. The zero-order valence-corrected chi connectivity index (χ0v) is 26.4.